The molecule has 1 aromatic carbocycles. The van der Waals surface area contributed by atoms with E-state index < -0.39 is 0 Å². The number of benzene rings is 1. The third-order valence-corrected chi connectivity index (χ3v) is 4.84. The second-order valence-corrected chi connectivity index (χ2v) is 7.38. The Morgan fingerprint density at radius 1 is 0.739 bits per heavy atom. The van der Waals surface area contributed by atoms with Gasteiger partial charge in [0.2, 0.25) is 0 Å². The van der Waals surface area contributed by atoms with Gasteiger partial charge in [0.15, 0.2) is 0 Å². The second-order valence-electron chi connectivity index (χ2n) is 7.38. The first-order valence-corrected chi connectivity index (χ1v) is 9.47. The highest BCUT2D eigenvalue weighted by Gasteiger charge is 2.19. The molecule has 0 fully saturated rings. The Morgan fingerprint density at radius 3 is 1.74 bits per heavy atom. The van der Waals surface area contributed by atoms with E-state index >= 15 is 0 Å². The van der Waals surface area contributed by atoms with Crippen LogP contribution in [0.2, 0.25) is 0 Å². The van der Waals surface area contributed by atoms with Gasteiger partial charge >= 0.3 is 0 Å². The van der Waals surface area contributed by atoms with E-state index in [9.17, 15) is 0 Å². The number of para-hydroxylation sites is 1. The molecular formula is C21H39NO. The molecule has 0 radical (unpaired) electrons. The molecule has 23 heavy (non-hydrogen) atoms. The van der Waals surface area contributed by atoms with E-state index in [1.165, 1.54) is 82.0 Å². The van der Waals surface area contributed by atoms with Gasteiger partial charge in [-0.1, -0.05) is 76.5 Å². The normalized spacial score (nSPS) is 11.3. The van der Waals surface area contributed by atoms with Crippen LogP contribution in [0.4, 0.5) is 5.69 Å². The summed E-state index contributed by atoms with van der Waals surface area (Å²) in [6.45, 7) is 5.77. The molecule has 0 saturated heterocycles. The minimum atomic E-state index is 0. The van der Waals surface area contributed by atoms with Crippen LogP contribution in [0.3, 0.4) is 0 Å². The van der Waals surface area contributed by atoms with Crippen molar-refractivity contribution >= 4 is 5.69 Å². The molecule has 1 N–H and O–H groups in total. The molecule has 0 spiro atoms. The first kappa shape index (κ1) is 22.1. The summed E-state index contributed by atoms with van der Waals surface area (Å²) >= 11 is 0. The Balaban J connectivity index is 0.00000484. The minimum absolute atomic E-state index is 0. The number of nitrogens with zero attached hydrogens (tertiary/aromatic N) is 1. The molecule has 0 saturated carbocycles. The highest BCUT2D eigenvalue weighted by molar-refractivity contribution is 5.48. The molecule has 0 aliphatic rings. The lowest BCUT2D eigenvalue weighted by Gasteiger charge is -2.30. The van der Waals surface area contributed by atoms with Gasteiger partial charge in [-0.3, -0.25) is 4.48 Å². The fraction of sp³-hybridized carbons (Fsp3) is 0.714. The molecule has 0 heterocycles. The fourth-order valence-electron chi connectivity index (χ4n) is 3.36. The Kier molecular flexibility index (Phi) is 12.1. The van der Waals surface area contributed by atoms with Crippen molar-refractivity contribution in [3.63, 3.8) is 0 Å². The van der Waals surface area contributed by atoms with Crippen molar-refractivity contribution in [3.05, 3.63) is 29.8 Å². The van der Waals surface area contributed by atoms with Crippen LogP contribution >= 0.6 is 0 Å². The zero-order valence-electron chi connectivity index (χ0n) is 16.0. The van der Waals surface area contributed by atoms with Gasteiger partial charge in [0.25, 0.3) is 0 Å². The zero-order chi connectivity index (χ0) is 16.3. The quantitative estimate of drug-likeness (QED) is 0.328. The summed E-state index contributed by atoms with van der Waals surface area (Å²) in [5, 5.41) is 0. The van der Waals surface area contributed by atoms with Crippen LogP contribution < -0.4 is 4.48 Å². The van der Waals surface area contributed by atoms with E-state index in [0.717, 1.165) is 4.48 Å². The van der Waals surface area contributed by atoms with Crippen molar-refractivity contribution in [1.82, 2.24) is 4.48 Å². The summed E-state index contributed by atoms with van der Waals surface area (Å²) in [7, 11) is 4.69. The van der Waals surface area contributed by atoms with Gasteiger partial charge in [0.05, 0.1) is 20.6 Å². The van der Waals surface area contributed by atoms with Gasteiger partial charge < -0.3 is 5.48 Å². The average Bonchev–Trinajstić information content (AvgIpc) is 2.49. The van der Waals surface area contributed by atoms with Crippen LogP contribution in [0.5, 0.6) is 0 Å². The molecule has 2 nitrogen and oxygen atoms in total. The molecule has 0 bridgehead atoms. The molecule has 1 rings (SSSR count). The van der Waals surface area contributed by atoms with E-state index in [1.807, 2.05) is 0 Å². The number of hydrogen-bond acceptors (Lipinski definition) is 1. The zero-order valence-corrected chi connectivity index (χ0v) is 16.0. The third-order valence-electron chi connectivity index (χ3n) is 4.84. The van der Waals surface area contributed by atoms with Crippen LogP contribution in [-0.4, -0.2) is 26.1 Å². The lowest BCUT2D eigenvalue weighted by molar-refractivity contribution is 0.379. The van der Waals surface area contributed by atoms with Crippen LogP contribution in [0.1, 0.15) is 76.7 Å². The monoisotopic (exact) mass is 321 g/mol. The van der Waals surface area contributed by atoms with Gasteiger partial charge in [0, 0.05) is 5.56 Å². The first-order chi connectivity index (χ1) is 10.6. The minimum Gasteiger partial charge on any atom is -0.870 e. The number of unbranched alkanes of at least 4 members (excludes halogenated alkanes) is 9. The van der Waals surface area contributed by atoms with Crippen LogP contribution in [0, 0.1) is 6.92 Å². The molecule has 0 aromatic heterocycles. The lowest BCUT2D eigenvalue weighted by atomic mass is 10.1. The summed E-state index contributed by atoms with van der Waals surface area (Å²) in [5.41, 5.74) is 2.89. The topological polar surface area (TPSA) is 30.0 Å². The molecule has 2 heteroatoms. The van der Waals surface area contributed by atoms with E-state index in [2.05, 4.69) is 52.2 Å². The Hall–Kier alpha value is -0.860. The molecule has 0 atom stereocenters. The smallest absolute Gasteiger partial charge is 0.135 e. The van der Waals surface area contributed by atoms with E-state index in [0.29, 0.717) is 0 Å². The van der Waals surface area contributed by atoms with Crippen molar-refractivity contribution in [3.8, 4) is 0 Å². The van der Waals surface area contributed by atoms with Crippen molar-refractivity contribution in [1.29, 1.82) is 0 Å². The highest BCUT2D eigenvalue weighted by Crippen LogP contribution is 2.24. The SMILES string of the molecule is CCCCCCCCCCCC[N+](C)(C)c1ccccc1C.[OH-]. The number of rotatable bonds is 12. The molecule has 1 aromatic rings. The summed E-state index contributed by atoms with van der Waals surface area (Å²) in [6, 6.07) is 8.82. The van der Waals surface area contributed by atoms with Crippen molar-refractivity contribution in [2.75, 3.05) is 20.6 Å². The van der Waals surface area contributed by atoms with Gasteiger partial charge in [-0.05, 0) is 25.8 Å². The predicted octanol–water partition coefficient (Wildman–Crippen LogP) is 6.31. The summed E-state index contributed by atoms with van der Waals surface area (Å²) in [5.74, 6) is 0. The molecule has 134 valence electrons. The third kappa shape index (κ3) is 9.12. The van der Waals surface area contributed by atoms with Crippen LogP contribution in [0.25, 0.3) is 0 Å². The Labute approximate surface area is 144 Å². The summed E-state index contributed by atoms with van der Waals surface area (Å²) in [4.78, 5) is 0. The van der Waals surface area contributed by atoms with E-state index in [1.54, 1.807) is 0 Å². The van der Waals surface area contributed by atoms with Gasteiger partial charge in [-0.15, -0.1) is 0 Å². The Bertz CT molecular complexity index is 401. The number of hydrogen-bond donors (Lipinski definition) is 0. The lowest BCUT2D eigenvalue weighted by Crippen LogP contribution is -2.41. The molecule has 0 amide bonds. The average molecular weight is 322 g/mol. The van der Waals surface area contributed by atoms with Crippen molar-refractivity contribution < 1.29 is 5.48 Å². The van der Waals surface area contributed by atoms with Gasteiger partial charge in [-0.2, -0.15) is 0 Å². The van der Waals surface area contributed by atoms with Gasteiger partial charge in [0.1, 0.15) is 5.69 Å². The fourth-order valence-corrected chi connectivity index (χ4v) is 3.36. The maximum atomic E-state index is 2.34. The first-order valence-electron chi connectivity index (χ1n) is 9.47. The largest absolute Gasteiger partial charge is 0.870 e. The number of quaternary nitrogens is 1. The molecule has 0 unspecified atom stereocenters. The van der Waals surface area contributed by atoms with Crippen LogP contribution in [0.15, 0.2) is 24.3 Å². The maximum Gasteiger partial charge on any atom is 0.135 e. The van der Waals surface area contributed by atoms with Gasteiger partial charge in [-0.25, -0.2) is 0 Å². The summed E-state index contributed by atoms with van der Waals surface area (Å²) < 4.78 is 1.02. The molecular weight excluding hydrogens is 282 g/mol. The molecule has 0 aliphatic carbocycles. The number of aryl methyl sites for hydroxylation is 1. The van der Waals surface area contributed by atoms with Crippen molar-refractivity contribution in [2.45, 2.75) is 78.1 Å². The molecule has 0 aliphatic heterocycles. The van der Waals surface area contributed by atoms with Crippen LogP contribution in [-0.2, 0) is 0 Å². The van der Waals surface area contributed by atoms with E-state index in [4.69, 9.17) is 0 Å². The van der Waals surface area contributed by atoms with Crippen molar-refractivity contribution in [2.24, 2.45) is 0 Å². The summed E-state index contributed by atoms with van der Waals surface area (Å²) in [6.07, 6.45) is 14.2. The second kappa shape index (κ2) is 12.5. The Morgan fingerprint density at radius 2 is 1.22 bits per heavy atom. The highest BCUT2D eigenvalue weighted by atomic mass is 16.0. The predicted molar refractivity (Wildman–Crippen MR) is 103 cm³/mol. The van der Waals surface area contributed by atoms with E-state index in [-0.39, 0.29) is 5.48 Å². The standard InChI is InChI=1S/C21H38N.H2O/c1-5-6-7-8-9-10-11-12-13-16-19-22(3,4)21-18-15-14-17-20(21)2;/h14-15,17-18H,5-13,16,19H2,1-4H3;1H2/q+1;/p-1. The maximum absolute atomic E-state index is 2.34.